The van der Waals surface area contributed by atoms with Crippen LogP contribution >= 0.6 is 0 Å². The Morgan fingerprint density at radius 2 is 2.10 bits per heavy atom. The van der Waals surface area contributed by atoms with Crippen LogP contribution in [0.5, 0.6) is 0 Å². The summed E-state index contributed by atoms with van der Waals surface area (Å²) in [5.74, 6) is -1.56. The third kappa shape index (κ3) is 3.89. The predicted molar refractivity (Wildman–Crippen MR) is 67.6 cm³/mol. The molecule has 1 rings (SSSR count). The Bertz CT molecular complexity index is 483. The standard InChI is InChI=1S/C12H18F3N3O2/c1-6-4-9(8(3)20-6)7(2)17-5-10(11(16)18-19)12(13,14)15/h4,7,10,17,19H,5H2,1-3H3,(H2,16,18). The Hall–Kier alpha value is -1.70. The maximum absolute atomic E-state index is 12.8. The van der Waals surface area contributed by atoms with E-state index in [1.807, 2.05) is 0 Å². The molecule has 0 aliphatic heterocycles. The zero-order chi connectivity index (χ0) is 15.5. The van der Waals surface area contributed by atoms with E-state index >= 15 is 0 Å². The lowest BCUT2D eigenvalue weighted by molar-refractivity contribution is -0.155. The molecule has 5 nitrogen and oxygen atoms in total. The molecule has 8 heteroatoms. The molecule has 0 radical (unpaired) electrons. The SMILES string of the molecule is Cc1cc(C(C)NCC(/C(N)=N/O)C(F)(F)F)c(C)o1. The van der Waals surface area contributed by atoms with Crippen molar-refractivity contribution in [3.8, 4) is 0 Å². The summed E-state index contributed by atoms with van der Waals surface area (Å²) >= 11 is 0. The normalized spacial score (nSPS) is 16.2. The molecule has 0 bridgehead atoms. The van der Waals surface area contributed by atoms with Crippen molar-refractivity contribution in [2.75, 3.05) is 6.54 Å². The molecule has 4 N–H and O–H groups in total. The van der Waals surface area contributed by atoms with Crippen LogP contribution in [0, 0.1) is 19.8 Å². The van der Waals surface area contributed by atoms with Crippen molar-refractivity contribution in [2.45, 2.75) is 33.0 Å². The van der Waals surface area contributed by atoms with E-state index in [1.165, 1.54) is 0 Å². The molecule has 0 amide bonds. The fourth-order valence-electron chi connectivity index (χ4n) is 1.94. The molecular formula is C12H18F3N3O2. The van der Waals surface area contributed by atoms with Crippen molar-refractivity contribution >= 4 is 5.84 Å². The van der Waals surface area contributed by atoms with Crippen LogP contribution in [0.1, 0.15) is 30.0 Å². The molecule has 1 heterocycles. The van der Waals surface area contributed by atoms with Gasteiger partial charge < -0.3 is 20.7 Å². The summed E-state index contributed by atoms with van der Waals surface area (Å²) in [4.78, 5) is 0. The van der Waals surface area contributed by atoms with Crippen LogP contribution in [-0.4, -0.2) is 23.8 Å². The first kappa shape index (κ1) is 16.4. The molecule has 2 unspecified atom stereocenters. The van der Waals surface area contributed by atoms with Gasteiger partial charge in [0.05, 0.1) is 0 Å². The predicted octanol–water partition coefficient (Wildman–Crippen LogP) is 2.47. The van der Waals surface area contributed by atoms with Crippen LogP contribution in [0.3, 0.4) is 0 Å². The van der Waals surface area contributed by atoms with Gasteiger partial charge in [-0.3, -0.25) is 0 Å². The molecule has 0 saturated carbocycles. The number of nitrogens with two attached hydrogens (primary N) is 1. The van der Waals surface area contributed by atoms with Crippen LogP contribution in [-0.2, 0) is 0 Å². The second kappa shape index (κ2) is 6.17. The summed E-state index contributed by atoms with van der Waals surface area (Å²) in [5, 5.41) is 13.6. The van der Waals surface area contributed by atoms with E-state index in [-0.39, 0.29) is 6.04 Å². The highest BCUT2D eigenvalue weighted by Crippen LogP contribution is 2.27. The summed E-state index contributed by atoms with van der Waals surface area (Å²) in [6.07, 6.45) is -4.58. The van der Waals surface area contributed by atoms with Crippen LogP contribution < -0.4 is 11.1 Å². The molecule has 0 spiro atoms. The maximum atomic E-state index is 12.8. The average Bonchev–Trinajstić information content (AvgIpc) is 2.66. The highest BCUT2D eigenvalue weighted by atomic mass is 19.4. The van der Waals surface area contributed by atoms with Gasteiger partial charge in [-0.25, -0.2) is 0 Å². The largest absolute Gasteiger partial charge is 0.466 e. The zero-order valence-electron chi connectivity index (χ0n) is 11.5. The van der Waals surface area contributed by atoms with Crippen molar-refractivity contribution in [1.29, 1.82) is 0 Å². The summed E-state index contributed by atoms with van der Waals surface area (Å²) < 4.78 is 43.6. The van der Waals surface area contributed by atoms with E-state index in [0.29, 0.717) is 11.5 Å². The van der Waals surface area contributed by atoms with Gasteiger partial charge in [-0.2, -0.15) is 13.2 Å². The van der Waals surface area contributed by atoms with Crippen LogP contribution in [0.2, 0.25) is 0 Å². The number of amidine groups is 1. The molecule has 0 saturated heterocycles. The molecule has 20 heavy (non-hydrogen) atoms. The zero-order valence-corrected chi connectivity index (χ0v) is 11.5. The van der Waals surface area contributed by atoms with Gasteiger partial charge in [0.2, 0.25) is 0 Å². The second-order valence-corrected chi connectivity index (χ2v) is 4.62. The topological polar surface area (TPSA) is 83.8 Å². The molecule has 0 fully saturated rings. The lowest BCUT2D eigenvalue weighted by atomic mass is 10.1. The van der Waals surface area contributed by atoms with E-state index in [4.69, 9.17) is 15.4 Å². The summed E-state index contributed by atoms with van der Waals surface area (Å²) in [7, 11) is 0. The Balaban J connectivity index is 2.75. The van der Waals surface area contributed by atoms with E-state index in [0.717, 1.165) is 5.56 Å². The molecule has 1 aromatic heterocycles. The van der Waals surface area contributed by atoms with Gasteiger partial charge in [0.25, 0.3) is 0 Å². The number of aryl methyl sites for hydroxylation is 2. The number of rotatable bonds is 5. The van der Waals surface area contributed by atoms with Gasteiger partial charge in [-0.1, -0.05) is 5.16 Å². The lowest BCUT2D eigenvalue weighted by Gasteiger charge is -2.21. The summed E-state index contributed by atoms with van der Waals surface area (Å²) in [6, 6.07) is 1.42. The van der Waals surface area contributed by atoms with E-state index < -0.39 is 24.5 Å². The minimum atomic E-state index is -4.58. The third-order valence-electron chi connectivity index (χ3n) is 3.04. The smallest absolute Gasteiger partial charge is 0.400 e. The minimum absolute atomic E-state index is 0.344. The minimum Gasteiger partial charge on any atom is -0.466 e. The van der Waals surface area contributed by atoms with E-state index in [1.54, 1.807) is 26.8 Å². The van der Waals surface area contributed by atoms with Gasteiger partial charge in [0.1, 0.15) is 17.4 Å². The van der Waals surface area contributed by atoms with Gasteiger partial charge in [-0.15, -0.1) is 0 Å². The van der Waals surface area contributed by atoms with Crippen molar-refractivity contribution in [1.82, 2.24) is 5.32 Å². The van der Waals surface area contributed by atoms with E-state index in [9.17, 15) is 13.2 Å². The van der Waals surface area contributed by atoms with Crippen LogP contribution in [0.15, 0.2) is 15.6 Å². The number of hydrogen-bond acceptors (Lipinski definition) is 4. The monoisotopic (exact) mass is 293 g/mol. The average molecular weight is 293 g/mol. The number of furan rings is 1. The number of alkyl halides is 3. The van der Waals surface area contributed by atoms with Crippen LogP contribution in [0.25, 0.3) is 0 Å². The molecule has 1 aromatic rings. The Kier molecular flexibility index (Phi) is 5.04. The van der Waals surface area contributed by atoms with Crippen molar-refractivity contribution < 1.29 is 22.8 Å². The number of oxime groups is 1. The van der Waals surface area contributed by atoms with E-state index in [2.05, 4.69) is 10.5 Å². The van der Waals surface area contributed by atoms with Gasteiger partial charge in [-0.05, 0) is 26.8 Å². The Morgan fingerprint density at radius 1 is 1.50 bits per heavy atom. The molecule has 114 valence electrons. The highest BCUT2D eigenvalue weighted by molar-refractivity contribution is 5.83. The van der Waals surface area contributed by atoms with Crippen LogP contribution in [0.4, 0.5) is 13.2 Å². The molecule has 0 aliphatic rings. The van der Waals surface area contributed by atoms with Crippen molar-refractivity contribution in [3.63, 3.8) is 0 Å². The first-order chi connectivity index (χ1) is 9.16. The first-order valence-electron chi connectivity index (χ1n) is 6.01. The highest BCUT2D eigenvalue weighted by Gasteiger charge is 2.42. The number of nitrogens with one attached hydrogen (secondary N) is 1. The molecule has 0 aliphatic carbocycles. The molecular weight excluding hydrogens is 275 g/mol. The van der Waals surface area contributed by atoms with Gasteiger partial charge >= 0.3 is 6.18 Å². The number of hydrogen-bond donors (Lipinski definition) is 3. The third-order valence-corrected chi connectivity index (χ3v) is 3.04. The van der Waals surface area contributed by atoms with Gasteiger partial charge in [0.15, 0.2) is 5.84 Å². The fraction of sp³-hybridized carbons (Fsp3) is 0.583. The number of nitrogens with zero attached hydrogens (tertiary/aromatic N) is 1. The van der Waals surface area contributed by atoms with Crippen molar-refractivity contribution in [3.05, 3.63) is 23.2 Å². The quantitative estimate of drug-likeness (QED) is 0.337. The summed E-state index contributed by atoms with van der Waals surface area (Å²) in [5.41, 5.74) is 5.86. The van der Waals surface area contributed by atoms with Crippen molar-refractivity contribution in [2.24, 2.45) is 16.8 Å². The lowest BCUT2D eigenvalue weighted by Crippen LogP contribution is -2.43. The fourth-order valence-corrected chi connectivity index (χ4v) is 1.94. The molecule has 0 aromatic carbocycles. The first-order valence-corrected chi connectivity index (χ1v) is 6.01. The number of halogens is 3. The van der Waals surface area contributed by atoms with Gasteiger partial charge in [0, 0.05) is 18.2 Å². The second-order valence-electron chi connectivity index (χ2n) is 4.62. The molecule has 2 atom stereocenters. The Labute approximate surface area is 114 Å². The summed E-state index contributed by atoms with van der Waals surface area (Å²) in [6.45, 7) is 4.74. The maximum Gasteiger partial charge on any atom is 0.400 e. The Morgan fingerprint density at radius 3 is 2.50 bits per heavy atom.